The maximum atomic E-state index is 13.0. The number of ether oxygens (including phenoxy) is 3. The van der Waals surface area contributed by atoms with Crippen LogP contribution in [0.4, 0.5) is 0 Å². The highest BCUT2D eigenvalue weighted by Gasteiger charge is 2.20. The van der Waals surface area contributed by atoms with E-state index in [4.69, 9.17) is 14.2 Å². The highest BCUT2D eigenvalue weighted by Crippen LogP contribution is 2.27. The van der Waals surface area contributed by atoms with Crippen LogP contribution in [0.25, 0.3) is 0 Å². The lowest BCUT2D eigenvalue weighted by Gasteiger charge is -2.21. The van der Waals surface area contributed by atoms with Crippen molar-refractivity contribution in [3.63, 3.8) is 0 Å². The van der Waals surface area contributed by atoms with Crippen molar-refractivity contribution in [3.8, 4) is 17.2 Å². The average Bonchev–Trinajstić information content (AvgIpc) is 2.78. The number of methoxy groups -OCH3 is 2. The number of carbonyl (C=O) groups is 1. The van der Waals surface area contributed by atoms with Gasteiger partial charge in [0.25, 0.3) is 5.91 Å². The van der Waals surface area contributed by atoms with Crippen LogP contribution in [0.3, 0.4) is 0 Å². The molecule has 1 amide bonds. The Hall–Kier alpha value is -3.47. The Morgan fingerprint density at radius 3 is 1.97 bits per heavy atom. The van der Waals surface area contributed by atoms with Gasteiger partial charge < -0.3 is 19.5 Å². The molecule has 0 radical (unpaired) electrons. The zero-order valence-corrected chi connectivity index (χ0v) is 16.8. The van der Waals surface area contributed by atoms with Gasteiger partial charge in [-0.05, 0) is 54.4 Å². The lowest BCUT2D eigenvalue weighted by Crippen LogP contribution is -2.29. The van der Waals surface area contributed by atoms with Crippen molar-refractivity contribution in [2.24, 2.45) is 0 Å². The van der Waals surface area contributed by atoms with E-state index < -0.39 is 0 Å². The average molecular weight is 391 g/mol. The van der Waals surface area contributed by atoms with Crippen LogP contribution < -0.4 is 19.5 Å². The molecule has 3 rings (SSSR count). The van der Waals surface area contributed by atoms with Gasteiger partial charge in [0.05, 0.1) is 32.4 Å². The number of benzene rings is 3. The zero-order valence-electron chi connectivity index (χ0n) is 16.8. The molecule has 0 aliphatic rings. The summed E-state index contributed by atoms with van der Waals surface area (Å²) < 4.78 is 16.1. The molecular formula is C24H25NO4. The lowest BCUT2D eigenvalue weighted by atomic mass is 9.98. The predicted octanol–water partition coefficient (Wildman–Crippen LogP) is 4.62. The van der Waals surface area contributed by atoms with Gasteiger partial charge in [-0.1, -0.05) is 36.4 Å². The summed E-state index contributed by atoms with van der Waals surface area (Å²) in [6.45, 7) is 2.55. The van der Waals surface area contributed by atoms with E-state index in [0.717, 1.165) is 22.6 Å². The van der Waals surface area contributed by atoms with E-state index >= 15 is 0 Å². The Bertz CT molecular complexity index is 936. The van der Waals surface area contributed by atoms with E-state index in [1.807, 2.05) is 67.6 Å². The Kier molecular flexibility index (Phi) is 6.74. The van der Waals surface area contributed by atoms with Gasteiger partial charge >= 0.3 is 0 Å². The van der Waals surface area contributed by atoms with E-state index in [1.54, 1.807) is 26.4 Å². The minimum atomic E-state index is -0.339. The van der Waals surface area contributed by atoms with Gasteiger partial charge in [-0.15, -0.1) is 0 Å². The standard InChI is InChI=1S/C24H25NO4/c1-4-29-20-15-11-18(12-16-20)23(17-9-13-19(27-2)14-10-17)25-24(26)21-7-5-6-8-22(21)28-3/h5-16,23H,4H2,1-3H3,(H,25,26)/t23-/m1/s1. The molecular weight excluding hydrogens is 366 g/mol. The van der Waals surface area contributed by atoms with Crippen LogP contribution in [0, 0.1) is 0 Å². The maximum Gasteiger partial charge on any atom is 0.255 e. The molecule has 0 aliphatic heterocycles. The first-order chi connectivity index (χ1) is 14.2. The van der Waals surface area contributed by atoms with E-state index in [-0.39, 0.29) is 11.9 Å². The van der Waals surface area contributed by atoms with Crippen LogP contribution in [-0.2, 0) is 0 Å². The number of rotatable bonds is 8. The molecule has 0 spiro atoms. The predicted molar refractivity (Wildman–Crippen MR) is 113 cm³/mol. The summed E-state index contributed by atoms with van der Waals surface area (Å²) in [4.78, 5) is 13.0. The van der Waals surface area contributed by atoms with Crippen LogP contribution in [0.1, 0.15) is 34.5 Å². The summed E-state index contributed by atoms with van der Waals surface area (Å²) in [6, 6.07) is 22.2. The van der Waals surface area contributed by atoms with Crippen LogP contribution >= 0.6 is 0 Å². The molecule has 3 aromatic carbocycles. The summed E-state index contributed by atoms with van der Waals surface area (Å²) in [5.74, 6) is 1.87. The Labute approximate surface area is 171 Å². The van der Waals surface area contributed by atoms with Crippen molar-refractivity contribution in [3.05, 3.63) is 89.5 Å². The molecule has 3 aromatic rings. The lowest BCUT2D eigenvalue weighted by molar-refractivity contribution is 0.0940. The molecule has 1 atom stereocenters. The third-order valence-electron chi connectivity index (χ3n) is 4.60. The summed E-state index contributed by atoms with van der Waals surface area (Å²) in [5, 5.41) is 3.13. The minimum absolute atomic E-state index is 0.211. The molecule has 1 N–H and O–H groups in total. The smallest absolute Gasteiger partial charge is 0.255 e. The topological polar surface area (TPSA) is 56.8 Å². The number of hydrogen-bond donors (Lipinski definition) is 1. The van der Waals surface area contributed by atoms with Gasteiger partial charge in [0.15, 0.2) is 0 Å². The Morgan fingerprint density at radius 2 is 1.41 bits per heavy atom. The number of para-hydroxylation sites is 1. The second kappa shape index (κ2) is 9.64. The van der Waals surface area contributed by atoms with Gasteiger partial charge in [-0.2, -0.15) is 0 Å². The normalized spacial score (nSPS) is 11.4. The fourth-order valence-electron chi connectivity index (χ4n) is 3.12. The molecule has 0 aromatic heterocycles. The molecule has 0 fully saturated rings. The molecule has 5 heteroatoms. The monoisotopic (exact) mass is 391 g/mol. The van der Waals surface area contributed by atoms with Gasteiger partial charge in [-0.3, -0.25) is 4.79 Å². The molecule has 5 nitrogen and oxygen atoms in total. The number of carbonyl (C=O) groups excluding carboxylic acids is 1. The van der Waals surface area contributed by atoms with Crippen molar-refractivity contribution >= 4 is 5.91 Å². The minimum Gasteiger partial charge on any atom is -0.497 e. The van der Waals surface area contributed by atoms with E-state index in [2.05, 4.69) is 5.32 Å². The first-order valence-corrected chi connectivity index (χ1v) is 9.46. The van der Waals surface area contributed by atoms with Crippen molar-refractivity contribution in [2.75, 3.05) is 20.8 Å². The van der Waals surface area contributed by atoms with Crippen LogP contribution in [0.15, 0.2) is 72.8 Å². The summed E-state index contributed by atoms with van der Waals surface area (Å²) >= 11 is 0. The molecule has 0 unspecified atom stereocenters. The Morgan fingerprint density at radius 1 is 0.828 bits per heavy atom. The van der Waals surface area contributed by atoms with Crippen LogP contribution in [-0.4, -0.2) is 26.7 Å². The fourth-order valence-corrected chi connectivity index (χ4v) is 3.12. The SMILES string of the molecule is CCOc1ccc([C@H](NC(=O)c2ccccc2OC)c2ccc(OC)cc2)cc1. The third-order valence-corrected chi connectivity index (χ3v) is 4.60. The summed E-state index contributed by atoms with van der Waals surface area (Å²) in [7, 11) is 3.18. The molecule has 29 heavy (non-hydrogen) atoms. The fraction of sp³-hybridized carbons (Fsp3) is 0.208. The largest absolute Gasteiger partial charge is 0.497 e. The highest BCUT2D eigenvalue weighted by molar-refractivity contribution is 5.97. The first-order valence-electron chi connectivity index (χ1n) is 9.46. The van der Waals surface area contributed by atoms with Crippen molar-refractivity contribution in [1.29, 1.82) is 0 Å². The second-order valence-electron chi connectivity index (χ2n) is 6.38. The highest BCUT2D eigenvalue weighted by atomic mass is 16.5. The second-order valence-corrected chi connectivity index (χ2v) is 6.38. The molecule has 0 heterocycles. The van der Waals surface area contributed by atoms with E-state index in [9.17, 15) is 4.79 Å². The van der Waals surface area contributed by atoms with Crippen molar-refractivity contribution < 1.29 is 19.0 Å². The molecule has 0 aliphatic carbocycles. The molecule has 0 saturated carbocycles. The van der Waals surface area contributed by atoms with Gasteiger partial charge in [0.1, 0.15) is 17.2 Å². The molecule has 150 valence electrons. The van der Waals surface area contributed by atoms with Crippen molar-refractivity contribution in [1.82, 2.24) is 5.32 Å². The number of amides is 1. The quantitative estimate of drug-likeness (QED) is 0.609. The van der Waals surface area contributed by atoms with Gasteiger partial charge in [-0.25, -0.2) is 0 Å². The zero-order chi connectivity index (χ0) is 20.6. The van der Waals surface area contributed by atoms with Crippen molar-refractivity contribution in [2.45, 2.75) is 13.0 Å². The molecule has 0 bridgehead atoms. The number of nitrogens with one attached hydrogen (secondary N) is 1. The Balaban J connectivity index is 1.94. The van der Waals surface area contributed by atoms with E-state index in [1.165, 1.54) is 0 Å². The summed E-state index contributed by atoms with van der Waals surface area (Å²) in [5.41, 5.74) is 2.37. The first kappa shape index (κ1) is 20.3. The molecule has 0 saturated heterocycles. The van der Waals surface area contributed by atoms with Gasteiger partial charge in [0, 0.05) is 0 Å². The number of hydrogen-bond acceptors (Lipinski definition) is 4. The van der Waals surface area contributed by atoms with Crippen LogP contribution in [0.5, 0.6) is 17.2 Å². The van der Waals surface area contributed by atoms with Crippen LogP contribution in [0.2, 0.25) is 0 Å². The van der Waals surface area contributed by atoms with Gasteiger partial charge in [0.2, 0.25) is 0 Å². The summed E-state index contributed by atoms with van der Waals surface area (Å²) in [6.07, 6.45) is 0. The van der Waals surface area contributed by atoms with E-state index in [0.29, 0.717) is 17.9 Å². The third kappa shape index (κ3) is 4.88. The maximum absolute atomic E-state index is 13.0.